The number of ether oxygens (including phenoxy) is 1. The number of hydrogen-bond donors (Lipinski definition) is 1. The SMILES string of the molecule is CO[C@@]1(c2ccc(C(N)=O)s2)[C@@H]2CCC[C@H]1CN(C)C2.Cl. The molecular formula is C15H23ClN2O2S. The third kappa shape index (κ3) is 2.61. The van der Waals surface area contributed by atoms with Gasteiger partial charge in [0.05, 0.1) is 4.88 Å². The quantitative estimate of drug-likeness (QED) is 0.926. The van der Waals surface area contributed by atoms with Crippen LogP contribution in [-0.2, 0) is 10.3 Å². The molecule has 4 nitrogen and oxygen atoms in total. The minimum absolute atomic E-state index is 0. The Kier molecular flexibility index (Phi) is 4.98. The average Bonchev–Trinajstić information content (AvgIpc) is 2.88. The molecule has 1 saturated carbocycles. The number of nitrogens with two attached hydrogens (primary N) is 1. The standard InChI is InChI=1S/C15H22N2O2S.ClH/c1-17-8-10-4-3-5-11(9-17)15(10,19-2)13-7-6-12(20-13)14(16)18;/h6-7,10-11H,3-5,8-9H2,1-2H3,(H2,16,18);1H/t10-,11+,15+;. The highest BCUT2D eigenvalue weighted by Crippen LogP contribution is 2.52. The normalized spacial score (nSPS) is 32.5. The van der Waals surface area contributed by atoms with Crippen LogP contribution in [0.5, 0.6) is 0 Å². The molecule has 0 radical (unpaired) electrons. The van der Waals surface area contributed by atoms with Crippen LogP contribution >= 0.6 is 23.7 Å². The molecule has 1 aromatic heterocycles. The van der Waals surface area contributed by atoms with E-state index < -0.39 is 0 Å². The maximum Gasteiger partial charge on any atom is 0.258 e. The highest BCUT2D eigenvalue weighted by Gasteiger charge is 2.53. The van der Waals surface area contributed by atoms with Crippen LogP contribution in [0.15, 0.2) is 12.1 Å². The van der Waals surface area contributed by atoms with E-state index in [1.165, 1.54) is 35.5 Å². The number of carbonyl (C=O) groups is 1. The minimum atomic E-state index is -0.342. The van der Waals surface area contributed by atoms with Crippen LogP contribution < -0.4 is 5.73 Å². The molecule has 118 valence electrons. The van der Waals surface area contributed by atoms with Crippen LogP contribution in [0.2, 0.25) is 0 Å². The molecule has 1 aliphatic carbocycles. The Balaban J connectivity index is 0.00000161. The minimum Gasteiger partial charge on any atom is -0.372 e. The third-order valence-electron chi connectivity index (χ3n) is 4.95. The highest BCUT2D eigenvalue weighted by atomic mass is 35.5. The number of rotatable bonds is 3. The Labute approximate surface area is 136 Å². The summed E-state index contributed by atoms with van der Waals surface area (Å²) in [5, 5.41) is 0. The molecule has 21 heavy (non-hydrogen) atoms. The van der Waals surface area contributed by atoms with Gasteiger partial charge in [-0.05, 0) is 32.0 Å². The molecule has 3 rings (SSSR count). The van der Waals surface area contributed by atoms with Gasteiger partial charge in [-0.2, -0.15) is 0 Å². The van der Waals surface area contributed by atoms with Crippen molar-refractivity contribution in [1.29, 1.82) is 0 Å². The first-order valence-corrected chi connectivity index (χ1v) is 8.03. The van der Waals surface area contributed by atoms with Crippen LogP contribution in [0.4, 0.5) is 0 Å². The number of thiophene rings is 1. The van der Waals surface area contributed by atoms with Crippen molar-refractivity contribution in [2.24, 2.45) is 17.6 Å². The van der Waals surface area contributed by atoms with Crippen molar-refractivity contribution >= 4 is 29.7 Å². The van der Waals surface area contributed by atoms with E-state index >= 15 is 0 Å². The largest absolute Gasteiger partial charge is 0.372 e. The van der Waals surface area contributed by atoms with Crippen LogP contribution in [0, 0.1) is 11.8 Å². The number of methoxy groups -OCH3 is 1. The van der Waals surface area contributed by atoms with Crippen molar-refractivity contribution in [3.63, 3.8) is 0 Å². The molecule has 0 aromatic carbocycles. The fraction of sp³-hybridized carbons (Fsp3) is 0.667. The fourth-order valence-electron chi connectivity index (χ4n) is 4.17. The van der Waals surface area contributed by atoms with Crippen LogP contribution in [0.1, 0.15) is 33.8 Å². The topological polar surface area (TPSA) is 55.6 Å². The van der Waals surface area contributed by atoms with E-state index in [2.05, 4.69) is 11.9 Å². The molecule has 1 aromatic rings. The van der Waals surface area contributed by atoms with Gasteiger partial charge in [0.25, 0.3) is 5.91 Å². The Morgan fingerprint density at radius 1 is 1.38 bits per heavy atom. The van der Waals surface area contributed by atoms with Crippen LogP contribution in [0.3, 0.4) is 0 Å². The molecule has 2 heterocycles. The Bertz CT molecular complexity index is 506. The summed E-state index contributed by atoms with van der Waals surface area (Å²) in [7, 11) is 4.01. The summed E-state index contributed by atoms with van der Waals surface area (Å²) in [4.78, 5) is 15.6. The fourth-order valence-corrected chi connectivity index (χ4v) is 5.36. The first kappa shape index (κ1) is 16.7. The first-order chi connectivity index (χ1) is 9.57. The molecular weight excluding hydrogens is 308 g/mol. The monoisotopic (exact) mass is 330 g/mol. The van der Waals surface area contributed by atoms with Gasteiger partial charge in [-0.1, -0.05) is 6.42 Å². The lowest BCUT2D eigenvalue weighted by atomic mass is 9.64. The van der Waals surface area contributed by atoms with Gasteiger partial charge in [-0.3, -0.25) is 4.79 Å². The number of fused-ring (bicyclic) bond motifs is 2. The summed E-state index contributed by atoms with van der Waals surface area (Å²) in [6.07, 6.45) is 3.67. The number of nitrogens with zero attached hydrogens (tertiary/aromatic N) is 1. The van der Waals surface area contributed by atoms with E-state index in [9.17, 15) is 4.79 Å². The van der Waals surface area contributed by atoms with Crippen molar-refractivity contribution < 1.29 is 9.53 Å². The average molecular weight is 331 g/mol. The van der Waals surface area contributed by atoms with Crippen molar-refractivity contribution in [2.45, 2.75) is 24.9 Å². The van der Waals surface area contributed by atoms with E-state index in [0.717, 1.165) is 13.1 Å². The lowest BCUT2D eigenvalue weighted by Gasteiger charge is -2.54. The number of likely N-dealkylation sites (tertiary alicyclic amines) is 1. The Morgan fingerprint density at radius 3 is 2.48 bits per heavy atom. The number of hydrogen-bond acceptors (Lipinski definition) is 4. The van der Waals surface area contributed by atoms with Gasteiger partial charge in [0.15, 0.2) is 0 Å². The van der Waals surface area contributed by atoms with Gasteiger partial charge in [-0.25, -0.2) is 0 Å². The smallest absolute Gasteiger partial charge is 0.258 e. The van der Waals surface area contributed by atoms with Crippen molar-refractivity contribution in [3.8, 4) is 0 Å². The Morgan fingerprint density at radius 2 is 2.00 bits per heavy atom. The summed E-state index contributed by atoms with van der Waals surface area (Å²) < 4.78 is 6.10. The zero-order chi connectivity index (χ0) is 14.3. The van der Waals surface area contributed by atoms with Gasteiger partial charge >= 0.3 is 0 Å². The third-order valence-corrected chi connectivity index (χ3v) is 6.19. The van der Waals surface area contributed by atoms with Gasteiger partial charge in [0, 0.05) is 36.9 Å². The van der Waals surface area contributed by atoms with Crippen molar-refractivity contribution in [3.05, 3.63) is 21.9 Å². The summed E-state index contributed by atoms with van der Waals surface area (Å²) in [5.41, 5.74) is 5.18. The molecule has 2 aliphatic rings. The lowest BCUT2D eigenvalue weighted by Crippen LogP contribution is -2.57. The van der Waals surface area contributed by atoms with Crippen LogP contribution in [0.25, 0.3) is 0 Å². The molecule has 1 amide bonds. The molecule has 1 aliphatic heterocycles. The molecule has 6 heteroatoms. The first-order valence-electron chi connectivity index (χ1n) is 7.21. The van der Waals surface area contributed by atoms with E-state index in [-0.39, 0.29) is 23.9 Å². The molecule has 2 bridgehead atoms. The molecule has 0 spiro atoms. The molecule has 2 fully saturated rings. The van der Waals surface area contributed by atoms with E-state index in [0.29, 0.717) is 16.7 Å². The number of primary amides is 1. The predicted molar refractivity (Wildman–Crippen MR) is 87.1 cm³/mol. The second kappa shape index (κ2) is 6.24. The maximum absolute atomic E-state index is 11.4. The van der Waals surface area contributed by atoms with Crippen LogP contribution in [-0.4, -0.2) is 38.1 Å². The van der Waals surface area contributed by atoms with Gasteiger partial charge in [0.2, 0.25) is 0 Å². The molecule has 2 N–H and O–H groups in total. The Hall–Kier alpha value is -0.620. The van der Waals surface area contributed by atoms with Gasteiger partial charge in [-0.15, -0.1) is 23.7 Å². The van der Waals surface area contributed by atoms with E-state index in [1.54, 1.807) is 0 Å². The lowest BCUT2D eigenvalue weighted by molar-refractivity contribution is -0.163. The van der Waals surface area contributed by atoms with E-state index in [4.69, 9.17) is 10.5 Å². The summed E-state index contributed by atoms with van der Waals surface area (Å²) >= 11 is 1.51. The van der Waals surface area contributed by atoms with Gasteiger partial charge < -0.3 is 15.4 Å². The number of piperidine rings is 1. The zero-order valence-electron chi connectivity index (χ0n) is 12.5. The second-order valence-corrected chi connectivity index (χ2v) is 7.16. The summed E-state index contributed by atoms with van der Waals surface area (Å²) in [6, 6.07) is 3.89. The predicted octanol–water partition coefficient (Wildman–Crippen LogP) is 2.47. The highest BCUT2D eigenvalue weighted by molar-refractivity contribution is 7.14. The second-order valence-electron chi connectivity index (χ2n) is 6.07. The van der Waals surface area contributed by atoms with Crippen molar-refractivity contribution in [1.82, 2.24) is 4.90 Å². The zero-order valence-corrected chi connectivity index (χ0v) is 14.1. The van der Waals surface area contributed by atoms with E-state index in [1.807, 2.05) is 19.2 Å². The van der Waals surface area contributed by atoms with Crippen molar-refractivity contribution in [2.75, 3.05) is 27.2 Å². The number of amides is 1. The number of carbonyl (C=O) groups excluding carboxylic acids is 1. The molecule has 1 saturated heterocycles. The van der Waals surface area contributed by atoms with Gasteiger partial charge in [0.1, 0.15) is 5.60 Å². The molecule has 0 unspecified atom stereocenters. The molecule has 3 atom stereocenters. The summed E-state index contributed by atoms with van der Waals surface area (Å²) in [5.74, 6) is 0.666. The number of halogens is 1. The maximum atomic E-state index is 11.4. The summed E-state index contributed by atoms with van der Waals surface area (Å²) in [6.45, 7) is 2.13.